The number of nitrogens with zero attached hydrogens (tertiary/aromatic N) is 1. The maximum Gasteiger partial charge on any atom is 0.350 e. The minimum Gasteiger partial charge on any atom is -0.308 e. The van der Waals surface area contributed by atoms with E-state index in [1.807, 2.05) is 13.8 Å². The maximum absolute atomic E-state index is 12.5. The zero-order valence-electron chi connectivity index (χ0n) is 9.89. The van der Waals surface area contributed by atoms with Crippen LogP contribution in [0.25, 0.3) is 0 Å². The summed E-state index contributed by atoms with van der Waals surface area (Å²) in [6, 6.07) is 0. The molecule has 0 saturated carbocycles. The predicted octanol–water partition coefficient (Wildman–Crippen LogP) is 2.61. The topological polar surface area (TPSA) is 48.0 Å². The molecule has 0 aliphatic carbocycles. The van der Waals surface area contributed by atoms with E-state index in [1.54, 1.807) is 12.1 Å². The van der Waals surface area contributed by atoms with Crippen molar-refractivity contribution in [1.29, 1.82) is 0 Å². The van der Waals surface area contributed by atoms with Crippen LogP contribution in [-0.4, -0.2) is 42.5 Å². The largest absolute Gasteiger partial charge is 0.350 e. The van der Waals surface area contributed by atoms with Gasteiger partial charge in [-0.2, -0.15) is 5.06 Å². The van der Waals surface area contributed by atoms with E-state index in [4.69, 9.17) is 13.9 Å². The molecule has 5 nitrogen and oxygen atoms in total. The molecular formula is C9H19BrNO4P. The minimum atomic E-state index is -3.09. The van der Waals surface area contributed by atoms with Gasteiger partial charge in [0.15, 0.2) is 0 Å². The van der Waals surface area contributed by atoms with Crippen molar-refractivity contribution in [3.63, 3.8) is 0 Å². The molecule has 0 aromatic carbocycles. The first-order valence-electron chi connectivity index (χ1n) is 5.41. The summed E-state index contributed by atoms with van der Waals surface area (Å²) in [5, 5.41) is 2.31. The number of halogens is 1. The second kappa shape index (κ2) is 6.47. The SMILES string of the molecule is CCOP(=O)(OCC)[C@H]1C[C@H](CBr)ON1C. The molecule has 0 aromatic rings. The molecule has 0 unspecified atom stereocenters. The second-order valence-electron chi connectivity index (χ2n) is 3.52. The molecule has 1 fully saturated rings. The van der Waals surface area contributed by atoms with E-state index in [9.17, 15) is 4.57 Å². The molecule has 0 aromatic heterocycles. The molecule has 16 heavy (non-hydrogen) atoms. The van der Waals surface area contributed by atoms with Crippen molar-refractivity contribution in [3.8, 4) is 0 Å². The van der Waals surface area contributed by atoms with E-state index >= 15 is 0 Å². The normalized spacial score (nSPS) is 27.5. The third-order valence-electron chi connectivity index (χ3n) is 2.36. The molecule has 0 spiro atoms. The molecule has 0 N–H and O–H groups in total. The van der Waals surface area contributed by atoms with Crippen LogP contribution in [0.1, 0.15) is 20.3 Å². The summed E-state index contributed by atoms with van der Waals surface area (Å²) in [6.45, 7) is 4.37. The first-order chi connectivity index (χ1) is 7.57. The molecule has 1 aliphatic heterocycles. The van der Waals surface area contributed by atoms with Crippen LogP contribution in [0.15, 0.2) is 0 Å². The molecule has 0 amide bonds. The summed E-state index contributed by atoms with van der Waals surface area (Å²) < 4.78 is 23.1. The number of alkyl halides is 1. The lowest BCUT2D eigenvalue weighted by atomic mass is 10.3. The monoisotopic (exact) mass is 315 g/mol. The Labute approximate surface area is 105 Å². The van der Waals surface area contributed by atoms with Crippen LogP contribution in [0.5, 0.6) is 0 Å². The van der Waals surface area contributed by atoms with Crippen molar-refractivity contribution in [2.45, 2.75) is 32.2 Å². The Morgan fingerprint density at radius 1 is 1.44 bits per heavy atom. The predicted molar refractivity (Wildman–Crippen MR) is 65.7 cm³/mol. The van der Waals surface area contributed by atoms with Gasteiger partial charge in [-0.1, -0.05) is 15.9 Å². The van der Waals surface area contributed by atoms with E-state index in [-0.39, 0.29) is 11.9 Å². The van der Waals surface area contributed by atoms with Gasteiger partial charge >= 0.3 is 7.60 Å². The Hall–Kier alpha value is 0.550. The number of hydrogen-bond donors (Lipinski definition) is 0. The smallest absolute Gasteiger partial charge is 0.308 e. The molecule has 1 aliphatic rings. The average molecular weight is 316 g/mol. The van der Waals surface area contributed by atoms with Gasteiger partial charge in [0.1, 0.15) is 5.78 Å². The van der Waals surface area contributed by atoms with E-state index < -0.39 is 7.60 Å². The first kappa shape index (κ1) is 14.6. The molecule has 7 heteroatoms. The summed E-state index contributed by atoms with van der Waals surface area (Å²) >= 11 is 3.35. The van der Waals surface area contributed by atoms with Gasteiger partial charge < -0.3 is 9.05 Å². The van der Waals surface area contributed by atoms with Gasteiger partial charge in [-0.3, -0.25) is 9.40 Å². The highest BCUT2D eigenvalue weighted by molar-refractivity contribution is 9.09. The fraction of sp³-hybridized carbons (Fsp3) is 1.00. The van der Waals surface area contributed by atoms with Gasteiger partial charge in [-0.15, -0.1) is 0 Å². The Morgan fingerprint density at radius 2 is 2.00 bits per heavy atom. The standard InChI is InChI=1S/C9H19BrNO4P/c1-4-13-16(12,14-5-2)9-6-8(7-10)15-11(9)3/h8-9H,4-7H2,1-3H3/t8-,9+/m1/s1. The molecule has 1 heterocycles. The zero-order valence-corrected chi connectivity index (χ0v) is 12.4. The number of hydroxylamine groups is 2. The molecule has 1 rings (SSSR count). The molecule has 1 saturated heterocycles. The maximum atomic E-state index is 12.5. The van der Waals surface area contributed by atoms with Gasteiger partial charge in [0.2, 0.25) is 0 Å². The van der Waals surface area contributed by atoms with Crippen molar-refractivity contribution in [1.82, 2.24) is 5.06 Å². The van der Waals surface area contributed by atoms with Crippen LogP contribution >= 0.6 is 23.5 Å². The lowest BCUT2D eigenvalue weighted by Crippen LogP contribution is -2.25. The van der Waals surface area contributed by atoms with Crippen molar-refractivity contribution in [2.75, 3.05) is 25.6 Å². The van der Waals surface area contributed by atoms with Crippen molar-refractivity contribution < 1.29 is 18.5 Å². The third-order valence-corrected chi connectivity index (χ3v) is 5.59. The summed E-state index contributed by atoms with van der Waals surface area (Å²) in [5.41, 5.74) is 0. The van der Waals surface area contributed by atoms with E-state index in [0.717, 1.165) is 0 Å². The Kier molecular flexibility index (Phi) is 5.91. The quantitative estimate of drug-likeness (QED) is 0.557. The Morgan fingerprint density at radius 3 is 2.38 bits per heavy atom. The van der Waals surface area contributed by atoms with Crippen LogP contribution in [-0.2, 0) is 18.5 Å². The van der Waals surface area contributed by atoms with Crippen LogP contribution in [0.3, 0.4) is 0 Å². The summed E-state index contributed by atoms with van der Waals surface area (Å²) in [6.07, 6.45) is 0.684. The second-order valence-corrected chi connectivity index (χ2v) is 6.36. The van der Waals surface area contributed by atoms with Gasteiger partial charge in [0, 0.05) is 18.8 Å². The van der Waals surface area contributed by atoms with Crippen LogP contribution < -0.4 is 0 Å². The van der Waals surface area contributed by atoms with Crippen molar-refractivity contribution in [3.05, 3.63) is 0 Å². The zero-order chi connectivity index (χ0) is 12.2. The molecule has 0 bridgehead atoms. The highest BCUT2D eigenvalue weighted by Gasteiger charge is 2.45. The van der Waals surface area contributed by atoms with Crippen molar-refractivity contribution >= 4 is 23.5 Å². The summed E-state index contributed by atoms with van der Waals surface area (Å²) in [7, 11) is -1.33. The van der Waals surface area contributed by atoms with E-state index in [0.29, 0.717) is 25.0 Å². The Balaban J connectivity index is 2.75. The number of hydrogen-bond acceptors (Lipinski definition) is 5. The van der Waals surface area contributed by atoms with Gasteiger partial charge in [-0.25, -0.2) is 0 Å². The lowest BCUT2D eigenvalue weighted by molar-refractivity contribution is -0.127. The molecule has 0 radical (unpaired) electrons. The summed E-state index contributed by atoms with van der Waals surface area (Å²) in [4.78, 5) is 5.52. The van der Waals surface area contributed by atoms with E-state index in [1.165, 1.54) is 0 Å². The average Bonchev–Trinajstić information content (AvgIpc) is 2.61. The summed E-state index contributed by atoms with van der Waals surface area (Å²) in [5.74, 6) is -0.310. The molecular weight excluding hydrogens is 297 g/mol. The number of rotatable bonds is 6. The lowest BCUT2D eigenvalue weighted by Gasteiger charge is -2.25. The third kappa shape index (κ3) is 3.28. The van der Waals surface area contributed by atoms with Gasteiger partial charge in [-0.05, 0) is 13.8 Å². The molecule has 2 atom stereocenters. The van der Waals surface area contributed by atoms with Crippen LogP contribution in [0.4, 0.5) is 0 Å². The van der Waals surface area contributed by atoms with Crippen LogP contribution in [0.2, 0.25) is 0 Å². The fourth-order valence-electron chi connectivity index (χ4n) is 1.72. The highest BCUT2D eigenvalue weighted by atomic mass is 79.9. The highest BCUT2D eigenvalue weighted by Crippen LogP contribution is 2.57. The van der Waals surface area contributed by atoms with Crippen LogP contribution in [0, 0.1) is 0 Å². The Bertz CT molecular complexity index is 256. The fourth-order valence-corrected chi connectivity index (χ4v) is 4.19. The molecule has 96 valence electrons. The van der Waals surface area contributed by atoms with Gasteiger partial charge in [0.05, 0.1) is 19.3 Å². The first-order valence-corrected chi connectivity index (χ1v) is 8.15. The van der Waals surface area contributed by atoms with Gasteiger partial charge in [0.25, 0.3) is 0 Å². The minimum absolute atomic E-state index is 0.0317. The van der Waals surface area contributed by atoms with Crippen molar-refractivity contribution in [2.24, 2.45) is 0 Å². The van der Waals surface area contributed by atoms with E-state index in [2.05, 4.69) is 15.9 Å².